The number of benzene rings is 1. The molecular formula is C13H19ClN2O2. The van der Waals surface area contributed by atoms with E-state index in [1.807, 2.05) is 38.1 Å². The summed E-state index contributed by atoms with van der Waals surface area (Å²) in [5, 5.41) is 6.20. The molecule has 0 aliphatic carbocycles. The smallest absolute Gasteiger partial charge is 0.315 e. The second-order valence-corrected chi connectivity index (χ2v) is 4.25. The third-order valence-corrected chi connectivity index (χ3v) is 2.80. The van der Waals surface area contributed by atoms with Gasteiger partial charge in [0.25, 0.3) is 0 Å². The normalized spacial score (nSPS) is 11.9. The van der Waals surface area contributed by atoms with Crippen LogP contribution in [0.15, 0.2) is 24.3 Å². The molecule has 0 spiro atoms. The number of rotatable bonds is 6. The van der Waals surface area contributed by atoms with Crippen molar-refractivity contribution in [3.63, 3.8) is 0 Å². The van der Waals surface area contributed by atoms with E-state index >= 15 is 0 Å². The number of amides is 2. The van der Waals surface area contributed by atoms with Crippen LogP contribution in [0.25, 0.3) is 0 Å². The lowest BCUT2D eigenvalue weighted by atomic mass is 10.1. The number of hydrogen-bond acceptors (Lipinski definition) is 2. The van der Waals surface area contributed by atoms with Crippen LogP contribution < -0.4 is 10.6 Å². The molecule has 0 aliphatic rings. The van der Waals surface area contributed by atoms with Crippen LogP contribution in [0.1, 0.15) is 25.5 Å². The maximum atomic E-state index is 11.6. The summed E-state index contributed by atoms with van der Waals surface area (Å²) >= 11 is 6.06. The minimum atomic E-state index is -0.220. The largest absolute Gasteiger partial charge is 0.380 e. The summed E-state index contributed by atoms with van der Waals surface area (Å²) in [6, 6.07) is 7.11. The number of hydrogen-bond donors (Lipinski definition) is 2. The van der Waals surface area contributed by atoms with Gasteiger partial charge < -0.3 is 15.4 Å². The Hall–Kier alpha value is -1.26. The Morgan fingerprint density at radius 2 is 2.17 bits per heavy atom. The summed E-state index contributed by atoms with van der Waals surface area (Å²) in [7, 11) is 0. The van der Waals surface area contributed by atoms with Gasteiger partial charge in [-0.25, -0.2) is 4.79 Å². The maximum Gasteiger partial charge on any atom is 0.315 e. The van der Waals surface area contributed by atoms with Crippen molar-refractivity contribution >= 4 is 17.6 Å². The van der Waals surface area contributed by atoms with E-state index in [9.17, 15) is 4.79 Å². The highest BCUT2D eigenvalue weighted by Gasteiger charge is 2.11. The molecule has 0 saturated heterocycles. The van der Waals surface area contributed by atoms with Crippen LogP contribution in [0.5, 0.6) is 0 Å². The van der Waals surface area contributed by atoms with E-state index in [0.29, 0.717) is 24.8 Å². The van der Waals surface area contributed by atoms with Crippen LogP contribution in [0.4, 0.5) is 4.79 Å². The van der Waals surface area contributed by atoms with Gasteiger partial charge in [0.1, 0.15) is 0 Å². The molecule has 0 radical (unpaired) electrons. The number of urea groups is 1. The molecule has 2 amide bonds. The number of nitrogens with one attached hydrogen (secondary N) is 2. The predicted molar refractivity (Wildman–Crippen MR) is 72.9 cm³/mol. The first-order chi connectivity index (χ1) is 8.65. The van der Waals surface area contributed by atoms with Gasteiger partial charge in [-0.1, -0.05) is 29.8 Å². The number of carbonyl (C=O) groups is 1. The molecule has 0 aliphatic heterocycles. The zero-order valence-corrected chi connectivity index (χ0v) is 11.5. The van der Waals surface area contributed by atoms with E-state index in [4.69, 9.17) is 16.3 Å². The molecule has 0 aromatic heterocycles. The first-order valence-corrected chi connectivity index (χ1v) is 6.39. The standard InChI is InChI=1S/C13H19ClN2O2/c1-3-18-9-8-15-13(17)16-10(2)11-6-4-5-7-12(11)14/h4-7,10H,3,8-9H2,1-2H3,(H2,15,16,17). The van der Waals surface area contributed by atoms with E-state index in [2.05, 4.69) is 10.6 Å². The number of halogens is 1. The molecule has 0 saturated carbocycles. The average molecular weight is 271 g/mol. The molecule has 0 bridgehead atoms. The molecule has 100 valence electrons. The molecule has 1 aromatic rings. The monoisotopic (exact) mass is 270 g/mol. The van der Waals surface area contributed by atoms with Gasteiger partial charge in [0, 0.05) is 18.2 Å². The highest BCUT2D eigenvalue weighted by Crippen LogP contribution is 2.21. The fraction of sp³-hybridized carbons (Fsp3) is 0.462. The van der Waals surface area contributed by atoms with Crippen LogP contribution in [-0.4, -0.2) is 25.8 Å². The van der Waals surface area contributed by atoms with E-state index < -0.39 is 0 Å². The van der Waals surface area contributed by atoms with Crippen molar-refractivity contribution < 1.29 is 9.53 Å². The summed E-state index contributed by atoms with van der Waals surface area (Å²) in [6.07, 6.45) is 0. The number of carbonyl (C=O) groups excluding carboxylic acids is 1. The van der Waals surface area contributed by atoms with E-state index in [1.54, 1.807) is 0 Å². The van der Waals surface area contributed by atoms with E-state index in [-0.39, 0.29) is 12.1 Å². The molecule has 1 aromatic carbocycles. The van der Waals surface area contributed by atoms with Crippen molar-refractivity contribution in [2.45, 2.75) is 19.9 Å². The molecule has 2 N–H and O–H groups in total. The quantitative estimate of drug-likeness (QED) is 0.781. The lowest BCUT2D eigenvalue weighted by molar-refractivity contribution is 0.149. The molecule has 1 atom stereocenters. The molecule has 1 unspecified atom stereocenters. The van der Waals surface area contributed by atoms with E-state index in [0.717, 1.165) is 5.56 Å². The lowest BCUT2D eigenvalue weighted by Crippen LogP contribution is -2.38. The van der Waals surface area contributed by atoms with Crippen LogP contribution in [-0.2, 0) is 4.74 Å². The Morgan fingerprint density at radius 1 is 1.44 bits per heavy atom. The summed E-state index contributed by atoms with van der Waals surface area (Å²) in [6.45, 7) is 5.47. The molecule has 5 heteroatoms. The first kappa shape index (κ1) is 14.8. The minimum absolute atomic E-state index is 0.134. The van der Waals surface area contributed by atoms with Gasteiger partial charge in [-0.15, -0.1) is 0 Å². The van der Waals surface area contributed by atoms with Crippen LogP contribution in [0, 0.1) is 0 Å². The average Bonchev–Trinajstić information content (AvgIpc) is 2.35. The molecule has 4 nitrogen and oxygen atoms in total. The van der Waals surface area contributed by atoms with Crippen LogP contribution in [0.3, 0.4) is 0 Å². The third kappa shape index (κ3) is 4.94. The first-order valence-electron chi connectivity index (χ1n) is 6.01. The number of ether oxygens (including phenoxy) is 1. The van der Waals surface area contributed by atoms with Gasteiger partial charge in [-0.05, 0) is 25.5 Å². The summed E-state index contributed by atoms with van der Waals surface area (Å²) < 4.78 is 5.13. The van der Waals surface area contributed by atoms with Crippen LogP contribution >= 0.6 is 11.6 Å². The van der Waals surface area contributed by atoms with Gasteiger partial charge in [0.05, 0.1) is 12.6 Å². The summed E-state index contributed by atoms with van der Waals surface area (Å²) in [5.74, 6) is 0. The van der Waals surface area contributed by atoms with Crippen molar-refractivity contribution in [3.05, 3.63) is 34.9 Å². The molecule has 18 heavy (non-hydrogen) atoms. The second kappa shape index (κ2) is 7.95. The topological polar surface area (TPSA) is 50.4 Å². The SMILES string of the molecule is CCOCCNC(=O)NC(C)c1ccccc1Cl. The Morgan fingerprint density at radius 3 is 2.83 bits per heavy atom. The predicted octanol–water partition coefficient (Wildman–Crippen LogP) is 2.74. The van der Waals surface area contributed by atoms with Gasteiger partial charge in [0.15, 0.2) is 0 Å². The van der Waals surface area contributed by atoms with Gasteiger partial charge in [-0.2, -0.15) is 0 Å². The fourth-order valence-corrected chi connectivity index (χ4v) is 1.83. The molecule has 0 fully saturated rings. The van der Waals surface area contributed by atoms with Crippen molar-refractivity contribution in [1.82, 2.24) is 10.6 Å². The van der Waals surface area contributed by atoms with Crippen molar-refractivity contribution in [2.75, 3.05) is 19.8 Å². The zero-order valence-electron chi connectivity index (χ0n) is 10.7. The van der Waals surface area contributed by atoms with Crippen molar-refractivity contribution in [1.29, 1.82) is 0 Å². The van der Waals surface area contributed by atoms with Gasteiger partial charge >= 0.3 is 6.03 Å². The van der Waals surface area contributed by atoms with Gasteiger partial charge in [-0.3, -0.25) is 0 Å². The summed E-state index contributed by atoms with van der Waals surface area (Å²) in [5.41, 5.74) is 0.902. The lowest BCUT2D eigenvalue weighted by Gasteiger charge is -2.16. The molecular weight excluding hydrogens is 252 g/mol. The Labute approximate surface area is 113 Å². The second-order valence-electron chi connectivity index (χ2n) is 3.84. The van der Waals surface area contributed by atoms with Crippen LogP contribution in [0.2, 0.25) is 5.02 Å². The summed E-state index contributed by atoms with van der Waals surface area (Å²) in [4.78, 5) is 11.6. The minimum Gasteiger partial charge on any atom is -0.380 e. The Balaban J connectivity index is 2.38. The molecule has 1 rings (SSSR count). The van der Waals surface area contributed by atoms with Crippen molar-refractivity contribution in [3.8, 4) is 0 Å². The third-order valence-electron chi connectivity index (χ3n) is 2.46. The zero-order chi connectivity index (χ0) is 13.4. The van der Waals surface area contributed by atoms with E-state index in [1.165, 1.54) is 0 Å². The Kier molecular flexibility index (Phi) is 6.54. The fourth-order valence-electron chi connectivity index (χ4n) is 1.53. The Bertz CT molecular complexity index is 385. The highest BCUT2D eigenvalue weighted by atomic mass is 35.5. The maximum absolute atomic E-state index is 11.6. The highest BCUT2D eigenvalue weighted by molar-refractivity contribution is 6.31. The van der Waals surface area contributed by atoms with Gasteiger partial charge in [0.2, 0.25) is 0 Å². The van der Waals surface area contributed by atoms with Crippen molar-refractivity contribution in [2.24, 2.45) is 0 Å². The molecule has 0 heterocycles.